The van der Waals surface area contributed by atoms with Crippen molar-refractivity contribution in [2.75, 3.05) is 6.54 Å². The van der Waals surface area contributed by atoms with Crippen LogP contribution in [0.2, 0.25) is 0 Å². The van der Waals surface area contributed by atoms with Gasteiger partial charge in [-0.3, -0.25) is 0 Å². The second kappa shape index (κ2) is 6.21. The molecule has 1 aromatic carbocycles. The van der Waals surface area contributed by atoms with Crippen molar-refractivity contribution in [3.63, 3.8) is 0 Å². The normalized spacial score (nSPS) is 28.3. The summed E-state index contributed by atoms with van der Waals surface area (Å²) in [5, 5.41) is 0. The van der Waals surface area contributed by atoms with Crippen LogP contribution in [0.25, 0.3) is 0 Å². The van der Waals surface area contributed by atoms with E-state index in [9.17, 15) is 0 Å². The van der Waals surface area contributed by atoms with Crippen molar-refractivity contribution in [3.05, 3.63) is 34.3 Å². The van der Waals surface area contributed by atoms with Gasteiger partial charge in [0.05, 0.1) is 0 Å². The Kier molecular flexibility index (Phi) is 4.85. The fraction of sp³-hybridized carbons (Fsp3) is 0.625. The van der Waals surface area contributed by atoms with Gasteiger partial charge in [0, 0.05) is 4.47 Å². The largest absolute Gasteiger partial charge is 0.330 e. The van der Waals surface area contributed by atoms with Gasteiger partial charge in [0.25, 0.3) is 0 Å². The smallest absolute Gasteiger partial charge is 0.0177 e. The Labute approximate surface area is 119 Å². The highest BCUT2D eigenvalue weighted by molar-refractivity contribution is 9.10. The van der Waals surface area contributed by atoms with Crippen LogP contribution in [0, 0.1) is 11.3 Å². The van der Waals surface area contributed by atoms with Crippen LogP contribution >= 0.6 is 15.9 Å². The average Bonchev–Trinajstić information content (AvgIpc) is 2.39. The molecular formula is C16H24BrN. The van der Waals surface area contributed by atoms with Crippen molar-refractivity contribution >= 4 is 15.9 Å². The fourth-order valence-electron chi connectivity index (χ4n) is 3.23. The molecule has 2 rings (SSSR count). The lowest BCUT2D eigenvalue weighted by Gasteiger charge is -2.39. The van der Waals surface area contributed by atoms with E-state index in [2.05, 4.69) is 47.1 Å². The quantitative estimate of drug-likeness (QED) is 0.868. The molecule has 1 fully saturated rings. The summed E-state index contributed by atoms with van der Waals surface area (Å²) in [6.07, 6.45) is 7.79. The summed E-state index contributed by atoms with van der Waals surface area (Å²) in [7, 11) is 0. The van der Waals surface area contributed by atoms with E-state index in [0.717, 1.165) is 18.9 Å². The van der Waals surface area contributed by atoms with Crippen LogP contribution in [0.5, 0.6) is 0 Å². The first-order valence-electron chi connectivity index (χ1n) is 7.12. The van der Waals surface area contributed by atoms with Gasteiger partial charge in [-0.1, -0.05) is 41.4 Å². The summed E-state index contributed by atoms with van der Waals surface area (Å²) in [6, 6.07) is 8.69. The Hall–Kier alpha value is -0.340. The summed E-state index contributed by atoms with van der Waals surface area (Å²) in [5.74, 6) is 0.937. The van der Waals surface area contributed by atoms with E-state index in [1.54, 1.807) is 0 Å². The minimum Gasteiger partial charge on any atom is -0.330 e. The molecule has 1 saturated carbocycles. The molecule has 1 aliphatic carbocycles. The predicted molar refractivity (Wildman–Crippen MR) is 81.6 cm³/mol. The summed E-state index contributed by atoms with van der Waals surface area (Å²) in [5.41, 5.74) is 7.87. The number of halogens is 1. The van der Waals surface area contributed by atoms with E-state index in [1.165, 1.54) is 42.1 Å². The van der Waals surface area contributed by atoms with Crippen LogP contribution in [0.4, 0.5) is 0 Å². The Morgan fingerprint density at radius 3 is 2.61 bits per heavy atom. The molecule has 0 radical (unpaired) electrons. The number of benzene rings is 1. The monoisotopic (exact) mass is 309 g/mol. The van der Waals surface area contributed by atoms with E-state index < -0.39 is 0 Å². The summed E-state index contributed by atoms with van der Waals surface area (Å²) >= 11 is 3.56. The Balaban J connectivity index is 2.05. The zero-order chi connectivity index (χ0) is 13.0. The highest BCUT2D eigenvalue weighted by atomic mass is 79.9. The van der Waals surface area contributed by atoms with Gasteiger partial charge < -0.3 is 5.73 Å². The highest BCUT2D eigenvalue weighted by Gasteiger charge is 2.33. The molecule has 1 nitrogen and oxygen atoms in total. The van der Waals surface area contributed by atoms with Gasteiger partial charge in [0.2, 0.25) is 0 Å². The van der Waals surface area contributed by atoms with Gasteiger partial charge in [0.1, 0.15) is 0 Å². The number of hydrogen-bond donors (Lipinski definition) is 1. The van der Waals surface area contributed by atoms with Crippen LogP contribution < -0.4 is 5.73 Å². The van der Waals surface area contributed by atoms with Gasteiger partial charge in [0.15, 0.2) is 0 Å². The molecule has 0 atom stereocenters. The summed E-state index contributed by atoms with van der Waals surface area (Å²) in [4.78, 5) is 0. The SMILES string of the molecule is CCC1CCC(CN)(Cc2cccc(Br)c2)CC1. The lowest BCUT2D eigenvalue weighted by Crippen LogP contribution is -2.36. The average molecular weight is 310 g/mol. The Bertz CT molecular complexity index is 380. The predicted octanol–water partition coefficient (Wildman–Crippen LogP) is 4.54. The van der Waals surface area contributed by atoms with Crippen molar-refractivity contribution in [2.45, 2.75) is 45.4 Å². The zero-order valence-corrected chi connectivity index (χ0v) is 12.9. The first-order chi connectivity index (χ1) is 8.67. The molecule has 18 heavy (non-hydrogen) atoms. The molecule has 0 heterocycles. The summed E-state index contributed by atoms with van der Waals surface area (Å²) in [6.45, 7) is 3.14. The van der Waals surface area contributed by atoms with Crippen LogP contribution in [-0.4, -0.2) is 6.54 Å². The standard InChI is InChI=1S/C16H24BrN/c1-2-13-6-8-16(12-18,9-7-13)11-14-4-3-5-15(17)10-14/h3-5,10,13H,2,6-9,11-12,18H2,1H3. The molecule has 1 aliphatic rings. The van der Waals surface area contributed by atoms with Crippen molar-refractivity contribution in [2.24, 2.45) is 17.1 Å². The number of hydrogen-bond acceptors (Lipinski definition) is 1. The van der Waals surface area contributed by atoms with Gasteiger partial charge in [-0.15, -0.1) is 0 Å². The van der Waals surface area contributed by atoms with Crippen molar-refractivity contribution < 1.29 is 0 Å². The van der Waals surface area contributed by atoms with Crippen LogP contribution in [0.3, 0.4) is 0 Å². The maximum atomic E-state index is 6.10. The van der Waals surface area contributed by atoms with Crippen molar-refractivity contribution in [1.29, 1.82) is 0 Å². The van der Waals surface area contributed by atoms with Crippen LogP contribution in [0.15, 0.2) is 28.7 Å². The van der Waals surface area contributed by atoms with Crippen molar-refractivity contribution in [3.8, 4) is 0 Å². The molecule has 0 aromatic heterocycles. The first kappa shape index (κ1) is 14.1. The Morgan fingerprint density at radius 1 is 1.33 bits per heavy atom. The maximum absolute atomic E-state index is 6.10. The third-order valence-corrected chi connectivity index (χ3v) is 5.14. The minimum atomic E-state index is 0.354. The molecule has 0 bridgehead atoms. The summed E-state index contributed by atoms with van der Waals surface area (Å²) < 4.78 is 1.18. The first-order valence-corrected chi connectivity index (χ1v) is 7.91. The molecule has 0 amide bonds. The van der Waals surface area contributed by atoms with Gasteiger partial charge >= 0.3 is 0 Å². The highest BCUT2D eigenvalue weighted by Crippen LogP contribution is 2.41. The number of nitrogens with two attached hydrogens (primary N) is 1. The van der Waals surface area contributed by atoms with E-state index in [-0.39, 0.29) is 0 Å². The minimum absolute atomic E-state index is 0.354. The van der Waals surface area contributed by atoms with E-state index in [4.69, 9.17) is 5.73 Å². The Morgan fingerprint density at radius 2 is 2.06 bits per heavy atom. The zero-order valence-electron chi connectivity index (χ0n) is 11.3. The molecule has 0 aliphatic heterocycles. The van der Waals surface area contributed by atoms with Crippen LogP contribution in [-0.2, 0) is 6.42 Å². The lowest BCUT2D eigenvalue weighted by atomic mass is 9.67. The molecule has 2 heteroatoms. The van der Waals surface area contributed by atoms with Crippen LogP contribution in [0.1, 0.15) is 44.6 Å². The van der Waals surface area contributed by atoms with E-state index in [0.29, 0.717) is 5.41 Å². The van der Waals surface area contributed by atoms with Gasteiger partial charge in [-0.25, -0.2) is 0 Å². The van der Waals surface area contributed by atoms with Gasteiger partial charge in [-0.2, -0.15) is 0 Å². The van der Waals surface area contributed by atoms with Gasteiger partial charge in [-0.05, 0) is 67.7 Å². The molecule has 0 unspecified atom stereocenters. The maximum Gasteiger partial charge on any atom is 0.0177 e. The van der Waals surface area contributed by atoms with Crippen molar-refractivity contribution in [1.82, 2.24) is 0 Å². The lowest BCUT2D eigenvalue weighted by molar-refractivity contribution is 0.153. The molecule has 2 N–H and O–H groups in total. The second-order valence-corrected chi connectivity index (χ2v) is 6.78. The fourth-order valence-corrected chi connectivity index (χ4v) is 3.68. The second-order valence-electron chi connectivity index (χ2n) is 5.86. The van der Waals surface area contributed by atoms with E-state index >= 15 is 0 Å². The number of rotatable bonds is 4. The molecule has 0 saturated heterocycles. The molecular weight excluding hydrogens is 286 g/mol. The topological polar surface area (TPSA) is 26.0 Å². The third-order valence-electron chi connectivity index (χ3n) is 4.64. The molecule has 0 spiro atoms. The van der Waals surface area contributed by atoms with E-state index in [1.807, 2.05) is 0 Å². The molecule has 100 valence electrons. The third kappa shape index (κ3) is 3.36. The molecule has 1 aromatic rings.